The molecular formula is C13H23N3. The van der Waals surface area contributed by atoms with Crippen LogP contribution >= 0.6 is 0 Å². The van der Waals surface area contributed by atoms with Crippen molar-refractivity contribution in [3.8, 4) is 0 Å². The molecule has 0 aliphatic carbocycles. The Morgan fingerprint density at radius 2 is 1.69 bits per heavy atom. The first kappa shape index (κ1) is 13.1. The molecule has 3 nitrogen and oxygen atoms in total. The minimum absolute atomic E-state index is 1.06. The van der Waals surface area contributed by atoms with E-state index in [1.807, 2.05) is 20.3 Å². The lowest BCUT2D eigenvalue weighted by Gasteiger charge is -2.03. The van der Waals surface area contributed by atoms with Crippen molar-refractivity contribution in [3.05, 3.63) is 29.6 Å². The average Bonchev–Trinajstić information content (AvgIpc) is 2.32. The zero-order valence-corrected chi connectivity index (χ0v) is 10.4. The maximum absolute atomic E-state index is 4.48. The van der Waals surface area contributed by atoms with Crippen molar-refractivity contribution in [1.82, 2.24) is 15.6 Å². The molecule has 1 aromatic heterocycles. The summed E-state index contributed by atoms with van der Waals surface area (Å²) in [6.07, 6.45) is 6.53. The van der Waals surface area contributed by atoms with Gasteiger partial charge in [-0.3, -0.25) is 4.98 Å². The Hall–Kier alpha value is -0.930. The van der Waals surface area contributed by atoms with E-state index >= 15 is 0 Å². The molecule has 0 atom stereocenters. The molecule has 0 saturated heterocycles. The summed E-state index contributed by atoms with van der Waals surface area (Å²) in [4.78, 5) is 4.48. The van der Waals surface area contributed by atoms with Crippen molar-refractivity contribution in [1.29, 1.82) is 0 Å². The fourth-order valence-electron chi connectivity index (χ4n) is 1.67. The van der Waals surface area contributed by atoms with E-state index in [-0.39, 0.29) is 0 Å². The minimum atomic E-state index is 1.06. The highest BCUT2D eigenvalue weighted by Gasteiger charge is 1.96. The summed E-state index contributed by atoms with van der Waals surface area (Å²) < 4.78 is 0. The Labute approximate surface area is 98.7 Å². The Kier molecular flexibility index (Phi) is 6.77. The Morgan fingerprint density at radius 1 is 1.00 bits per heavy atom. The number of hydrogen-bond acceptors (Lipinski definition) is 3. The van der Waals surface area contributed by atoms with Crippen molar-refractivity contribution in [2.75, 3.05) is 27.2 Å². The molecular weight excluding hydrogens is 198 g/mol. The van der Waals surface area contributed by atoms with Gasteiger partial charge in [-0.25, -0.2) is 0 Å². The molecule has 0 fully saturated rings. The van der Waals surface area contributed by atoms with Gasteiger partial charge >= 0.3 is 0 Å². The van der Waals surface area contributed by atoms with E-state index < -0.39 is 0 Å². The second-order valence-electron chi connectivity index (χ2n) is 4.07. The van der Waals surface area contributed by atoms with Crippen LogP contribution in [0.2, 0.25) is 0 Å². The number of nitrogens with zero attached hydrogens (tertiary/aromatic N) is 1. The Balaban J connectivity index is 2.30. The van der Waals surface area contributed by atoms with Crippen molar-refractivity contribution in [3.63, 3.8) is 0 Å². The molecule has 1 rings (SSSR count). The topological polar surface area (TPSA) is 37.0 Å². The number of rotatable bonds is 8. The number of hydrogen-bond donors (Lipinski definition) is 2. The van der Waals surface area contributed by atoms with Crippen LogP contribution in [-0.2, 0) is 12.8 Å². The highest BCUT2D eigenvalue weighted by molar-refractivity contribution is 5.14. The molecule has 0 bridgehead atoms. The molecule has 16 heavy (non-hydrogen) atoms. The number of pyridine rings is 1. The largest absolute Gasteiger partial charge is 0.320 e. The van der Waals surface area contributed by atoms with Crippen molar-refractivity contribution < 1.29 is 0 Å². The van der Waals surface area contributed by atoms with Gasteiger partial charge in [-0.05, 0) is 64.5 Å². The first-order valence-electron chi connectivity index (χ1n) is 6.10. The fraction of sp³-hybridized carbons (Fsp3) is 0.615. The molecule has 1 aromatic rings. The molecule has 0 unspecified atom stereocenters. The quantitative estimate of drug-likeness (QED) is 0.651. The zero-order chi connectivity index (χ0) is 11.6. The van der Waals surface area contributed by atoms with Crippen LogP contribution in [0.25, 0.3) is 0 Å². The van der Waals surface area contributed by atoms with Crippen molar-refractivity contribution >= 4 is 0 Å². The van der Waals surface area contributed by atoms with E-state index in [0.29, 0.717) is 0 Å². The van der Waals surface area contributed by atoms with Crippen molar-refractivity contribution in [2.24, 2.45) is 0 Å². The summed E-state index contributed by atoms with van der Waals surface area (Å²) in [6, 6.07) is 4.36. The molecule has 0 amide bonds. The van der Waals surface area contributed by atoms with E-state index in [9.17, 15) is 0 Å². The maximum atomic E-state index is 4.48. The van der Waals surface area contributed by atoms with Gasteiger partial charge in [0.15, 0.2) is 0 Å². The van der Waals surface area contributed by atoms with Gasteiger partial charge in [-0.1, -0.05) is 6.07 Å². The van der Waals surface area contributed by atoms with E-state index in [2.05, 4.69) is 27.8 Å². The molecule has 3 heteroatoms. The van der Waals surface area contributed by atoms with Gasteiger partial charge in [-0.2, -0.15) is 0 Å². The standard InChI is InChI=1S/C13H23N3/c1-14-9-3-5-12-7-8-13(16-11-12)6-4-10-15-2/h7-8,11,14-15H,3-6,9-10H2,1-2H3. The summed E-state index contributed by atoms with van der Waals surface area (Å²) >= 11 is 0. The van der Waals surface area contributed by atoms with Gasteiger partial charge in [0.25, 0.3) is 0 Å². The summed E-state index contributed by atoms with van der Waals surface area (Å²) in [5.74, 6) is 0. The molecule has 1 heterocycles. The molecule has 2 N–H and O–H groups in total. The van der Waals surface area contributed by atoms with E-state index in [1.54, 1.807) is 0 Å². The third-order valence-corrected chi connectivity index (χ3v) is 2.64. The van der Waals surface area contributed by atoms with Crippen LogP contribution < -0.4 is 10.6 Å². The molecule has 0 aliphatic rings. The second-order valence-corrected chi connectivity index (χ2v) is 4.07. The molecule has 0 saturated carbocycles. The number of aryl methyl sites for hydroxylation is 2. The normalized spacial score (nSPS) is 10.6. The zero-order valence-electron chi connectivity index (χ0n) is 10.4. The second kappa shape index (κ2) is 8.25. The van der Waals surface area contributed by atoms with Gasteiger partial charge < -0.3 is 10.6 Å². The van der Waals surface area contributed by atoms with Gasteiger partial charge in [-0.15, -0.1) is 0 Å². The predicted octanol–water partition coefficient (Wildman–Crippen LogP) is 1.39. The average molecular weight is 221 g/mol. The third-order valence-electron chi connectivity index (χ3n) is 2.64. The van der Waals surface area contributed by atoms with Crippen LogP contribution in [0.15, 0.2) is 18.3 Å². The summed E-state index contributed by atoms with van der Waals surface area (Å²) in [6.45, 7) is 2.13. The molecule has 0 aliphatic heterocycles. The Morgan fingerprint density at radius 3 is 2.25 bits per heavy atom. The summed E-state index contributed by atoms with van der Waals surface area (Å²) in [5, 5.41) is 6.31. The lowest BCUT2D eigenvalue weighted by atomic mass is 10.1. The highest BCUT2D eigenvalue weighted by atomic mass is 14.8. The van der Waals surface area contributed by atoms with Crippen LogP contribution in [-0.4, -0.2) is 32.2 Å². The first-order valence-corrected chi connectivity index (χ1v) is 6.10. The van der Waals surface area contributed by atoms with E-state index in [4.69, 9.17) is 0 Å². The van der Waals surface area contributed by atoms with Crippen LogP contribution in [0, 0.1) is 0 Å². The molecule has 0 radical (unpaired) electrons. The van der Waals surface area contributed by atoms with E-state index in [1.165, 1.54) is 17.7 Å². The number of aromatic nitrogens is 1. The SMILES string of the molecule is CNCCCc1ccc(CCCNC)nc1. The van der Waals surface area contributed by atoms with Gasteiger partial charge in [0, 0.05) is 11.9 Å². The van der Waals surface area contributed by atoms with Crippen LogP contribution in [0.4, 0.5) is 0 Å². The summed E-state index contributed by atoms with van der Waals surface area (Å²) in [7, 11) is 3.97. The smallest absolute Gasteiger partial charge is 0.0404 e. The monoisotopic (exact) mass is 221 g/mol. The van der Waals surface area contributed by atoms with Gasteiger partial charge in [0.2, 0.25) is 0 Å². The lowest BCUT2D eigenvalue weighted by Crippen LogP contribution is -2.09. The lowest BCUT2D eigenvalue weighted by molar-refractivity contribution is 0.710. The predicted molar refractivity (Wildman–Crippen MR) is 68.7 cm³/mol. The third kappa shape index (κ3) is 5.24. The Bertz CT molecular complexity index is 240. The van der Waals surface area contributed by atoms with Crippen LogP contribution in [0.3, 0.4) is 0 Å². The summed E-state index contributed by atoms with van der Waals surface area (Å²) in [5.41, 5.74) is 2.54. The fourth-order valence-corrected chi connectivity index (χ4v) is 1.67. The van der Waals surface area contributed by atoms with E-state index in [0.717, 1.165) is 32.4 Å². The minimum Gasteiger partial charge on any atom is -0.320 e. The molecule has 90 valence electrons. The van der Waals surface area contributed by atoms with Gasteiger partial charge in [0.1, 0.15) is 0 Å². The molecule has 0 spiro atoms. The molecule has 0 aromatic carbocycles. The van der Waals surface area contributed by atoms with Crippen LogP contribution in [0.1, 0.15) is 24.1 Å². The number of nitrogens with one attached hydrogen (secondary N) is 2. The first-order chi connectivity index (χ1) is 7.86. The maximum Gasteiger partial charge on any atom is 0.0404 e. The van der Waals surface area contributed by atoms with Gasteiger partial charge in [0.05, 0.1) is 0 Å². The highest BCUT2D eigenvalue weighted by Crippen LogP contribution is 2.04. The van der Waals surface area contributed by atoms with Crippen molar-refractivity contribution in [2.45, 2.75) is 25.7 Å². The van der Waals surface area contributed by atoms with Crippen LogP contribution in [0.5, 0.6) is 0 Å².